The van der Waals surface area contributed by atoms with Crippen LogP contribution in [0.4, 0.5) is 14.2 Å². The van der Waals surface area contributed by atoms with E-state index in [-0.39, 0.29) is 0 Å². The molecule has 0 spiro atoms. The number of benzene rings is 1. The molecule has 2 N–H and O–H groups in total. The van der Waals surface area contributed by atoms with Crippen molar-refractivity contribution in [3.8, 4) is 6.07 Å². The molecule has 1 aliphatic heterocycles. The summed E-state index contributed by atoms with van der Waals surface area (Å²) < 4.78 is 13.2. The van der Waals surface area contributed by atoms with Crippen LogP contribution in [-0.2, 0) is 28.0 Å². The summed E-state index contributed by atoms with van der Waals surface area (Å²) in [6.45, 7) is 1.04. The molecule has 1 aliphatic carbocycles. The molecule has 2 aliphatic rings. The maximum Gasteiger partial charge on any atom is 0.325 e. The molecule has 1 unspecified atom stereocenters. The van der Waals surface area contributed by atoms with Gasteiger partial charge in [0.05, 0.1) is 5.56 Å². The van der Waals surface area contributed by atoms with Crippen molar-refractivity contribution in [1.29, 1.82) is 5.26 Å². The number of hydrogen-bond donors (Lipinski definition) is 2. The summed E-state index contributed by atoms with van der Waals surface area (Å²) in [6.07, 6.45) is 4.88. The molecule has 1 saturated heterocycles. The van der Waals surface area contributed by atoms with Crippen LogP contribution < -0.4 is 10.6 Å². The van der Waals surface area contributed by atoms with E-state index in [2.05, 4.69) is 16.7 Å². The minimum atomic E-state index is -1.39. The number of aryl methyl sites for hydroxylation is 1. The molecule has 4 rings (SSSR count). The molecule has 2 heterocycles. The third-order valence-electron chi connectivity index (χ3n) is 5.78. The van der Waals surface area contributed by atoms with Crippen molar-refractivity contribution in [3.05, 3.63) is 51.7 Å². The van der Waals surface area contributed by atoms with Crippen LogP contribution in [0.1, 0.15) is 47.8 Å². The summed E-state index contributed by atoms with van der Waals surface area (Å²) >= 11 is 1.39. The fraction of sp³-hybridized carbons (Fsp3) is 0.364. The maximum absolute atomic E-state index is 13.2. The molecular weight excluding hydrogens is 419 g/mol. The Morgan fingerprint density at radius 3 is 2.68 bits per heavy atom. The first-order valence-electron chi connectivity index (χ1n) is 10.1. The van der Waals surface area contributed by atoms with Crippen LogP contribution >= 0.6 is 11.3 Å². The molecule has 0 radical (unpaired) electrons. The van der Waals surface area contributed by atoms with Crippen LogP contribution in [0.25, 0.3) is 0 Å². The number of anilines is 1. The molecule has 0 saturated carbocycles. The predicted octanol–water partition coefficient (Wildman–Crippen LogP) is 3.43. The minimum Gasteiger partial charge on any atom is -0.319 e. The summed E-state index contributed by atoms with van der Waals surface area (Å²) in [5, 5.41) is 15.4. The highest BCUT2D eigenvalue weighted by Crippen LogP contribution is 2.37. The average Bonchev–Trinajstić information content (AvgIpc) is 3.04. The Labute approximate surface area is 182 Å². The van der Waals surface area contributed by atoms with E-state index < -0.39 is 35.7 Å². The van der Waals surface area contributed by atoms with Gasteiger partial charge in [-0.3, -0.25) is 14.5 Å². The lowest BCUT2D eigenvalue weighted by atomic mass is 9.92. The number of thiophene rings is 1. The van der Waals surface area contributed by atoms with Crippen LogP contribution in [0.5, 0.6) is 0 Å². The fourth-order valence-corrected chi connectivity index (χ4v) is 5.33. The Morgan fingerprint density at radius 2 is 1.97 bits per heavy atom. The van der Waals surface area contributed by atoms with Crippen LogP contribution in [0.3, 0.4) is 0 Å². The normalized spacial score (nSPS) is 20.6. The first kappa shape index (κ1) is 21.0. The van der Waals surface area contributed by atoms with E-state index in [1.165, 1.54) is 42.5 Å². The lowest BCUT2D eigenvalue weighted by Crippen LogP contribution is -2.42. The molecule has 9 heteroatoms. The Hall–Kier alpha value is -3.25. The lowest BCUT2D eigenvalue weighted by molar-refractivity contribution is -0.133. The summed E-state index contributed by atoms with van der Waals surface area (Å²) in [4.78, 5) is 40.0. The number of carbonyl (C=O) groups excluding carboxylic acids is 3. The molecule has 1 aromatic carbocycles. The minimum absolute atomic E-state index is 0.420. The summed E-state index contributed by atoms with van der Waals surface area (Å²) in [7, 11) is 0. The van der Waals surface area contributed by atoms with Gasteiger partial charge in [0, 0.05) is 4.88 Å². The van der Waals surface area contributed by atoms with Gasteiger partial charge >= 0.3 is 6.03 Å². The Bertz CT molecular complexity index is 1110. The molecule has 1 fully saturated rings. The van der Waals surface area contributed by atoms with Gasteiger partial charge < -0.3 is 10.6 Å². The van der Waals surface area contributed by atoms with Crippen LogP contribution in [0, 0.1) is 17.1 Å². The van der Waals surface area contributed by atoms with Crippen molar-refractivity contribution in [3.63, 3.8) is 0 Å². The highest BCUT2D eigenvalue weighted by atomic mass is 32.1. The van der Waals surface area contributed by atoms with E-state index in [1.807, 2.05) is 0 Å². The molecular formula is C22H21FN4O3S. The monoisotopic (exact) mass is 440 g/mol. The quantitative estimate of drug-likeness (QED) is 0.562. The molecule has 0 bridgehead atoms. The van der Waals surface area contributed by atoms with Crippen molar-refractivity contribution in [2.24, 2.45) is 0 Å². The van der Waals surface area contributed by atoms with Crippen molar-refractivity contribution in [2.45, 2.75) is 44.6 Å². The van der Waals surface area contributed by atoms with Crippen molar-refractivity contribution < 1.29 is 18.8 Å². The first-order chi connectivity index (χ1) is 14.8. The topological polar surface area (TPSA) is 102 Å². The predicted molar refractivity (Wildman–Crippen MR) is 113 cm³/mol. The highest BCUT2D eigenvalue weighted by Gasteiger charge is 2.49. The number of fused-ring (bicyclic) bond motifs is 1. The first-order valence-corrected chi connectivity index (χ1v) is 10.9. The van der Waals surface area contributed by atoms with Gasteiger partial charge in [0.2, 0.25) is 5.91 Å². The summed E-state index contributed by atoms with van der Waals surface area (Å²) in [5.74, 6) is -1.61. The summed E-state index contributed by atoms with van der Waals surface area (Å²) in [5.41, 5.74) is 0.509. The molecule has 1 aromatic heterocycles. The molecule has 7 nitrogen and oxygen atoms in total. The second-order valence-corrected chi connectivity index (χ2v) is 8.99. The Morgan fingerprint density at radius 1 is 1.26 bits per heavy atom. The van der Waals surface area contributed by atoms with Crippen LogP contribution in [0.15, 0.2) is 24.3 Å². The molecule has 31 heavy (non-hydrogen) atoms. The van der Waals surface area contributed by atoms with Gasteiger partial charge in [-0.1, -0.05) is 18.6 Å². The number of hydrogen-bond acceptors (Lipinski definition) is 5. The van der Waals surface area contributed by atoms with Crippen molar-refractivity contribution in [1.82, 2.24) is 10.2 Å². The maximum atomic E-state index is 13.2. The van der Waals surface area contributed by atoms with Gasteiger partial charge in [0.1, 0.15) is 29.0 Å². The van der Waals surface area contributed by atoms with Gasteiger partial charge in [-0.25, -0.2) is 9.18 Å². The van der Waals surface area contributed by atoms with Crippen molar-refractivity contribution >= 4 is 34.2 Å². The van der Waals surface area contributed by atoms with Gasteiger partial charge in [-0.05, 0) is 55.9 Å². The average molecular weight is 441 g/mol. The van der Waals surface area contributed by atoms with Gasteiger partial charge in [-0.15, -0.1) is 11.3 Å². The second-order valence-electron chi connectivity index (χ2n) is 7.88. The standard InChI is InChI=1S/C22H21FN4O3S/c1-22(13-7-9-14(23)10-8-13)20(29)27(21(30)26-22)12-18(28)25-19-16(11-24)15-5-3-2-4-6-17(15)31-19/h7-10H,2-6,12H2,1H3,(H,25,28)(H,26,30). The number of amides is 4. The number of carbonyl (C=O) groups is 3. The van der Waals surface area contributed by atoms with Crippen LogP contribution in [-0.4, -0.2) is 29.3 Å². The number of nitrogens with zero attached hydrogens (tertiary/aromatic N) is 2. The second kappa shape index (κ2) is 8.12. The third-order valence-corrected chi connectivity index (χ3v) is 6.99. The fourth-order valence-electron chi connectivity index (χ4n) is 4.08. The van der Waals surface area contributed by atoms with E-state index in [4.69, 9.17) is 0 Å². The van der Waals surface area contributed by atoms with Gasteiger partial charge in [0.25, 0.3) is 5.91 Å². The number of halogens is 1. The zero-order valence-corrected chi connectivity index (χ0v) is 17.8. The van der Waals surface area contributed by atoms with E-state index >= 15 is 0 Å². The lowest BCUT2D eigenvalue weighted by Gasteiger charge is -2.22. The zero-order valence-electron chi connectivity index (χ0n) is 17.0. The summed E-state index contributed by atoms with van der Waals surface area (Å²) in [6, 6.07) is 6.76. The van der Waals surface area contributed by atoms with Gasteiger partial charge in [-0.2, -0.15) is 5.26 Å². The number of nitriles is 1. The number of urea groups is 1. The molecule has 1 atom stereocenters. The number of nitrogens with one attached hydrogen (secondary N) is 2. The van der Waals surface area contributed by atoms with E-state index in [1.54, 1.807) is 0 Å². The van der Waals surface area contributed by atoms with Gasteiger partial charge in [0.15, 0.2) is 0 Å². The van der Waals surface area contributed by atoms with E-state index in [9.17, 15) is 24.0 Å². The largest absolute Gasteiger partial charge is 0.325 e. The zero-order chi connectivity index (χ0) is 22.2. The smallest absolute Gasteiger partial charge is 0.319 e. The SMILES string of the molecule is CC1(c2ccc(F)cc2)NC(=O)N(CC(=O)Nc2sc3c(c2C#N)CCCCC3)C1=O. The molecule has 160 valence electrons. The van der Waals surface area contributed by atoms with E-state index in [0.717, 1.165) is 47.4 Å². The molecule has 2 aromatic rings. The Kier molecular flexibility index (Phi) is 5.50. The number of imide groups is 1. The number of rotatable bonds is 4. The Balaban J connectivity index is 1.50. The van der Waals surface area contributed by atoms with Crippen LogP contribution in [0.2, 0.25) is 0 Å². The van der Waals surface area contributed by atoms with E-state index in [0.29, 0.717) is 16.1 Å². The van der Waals surface area contributed by atoms with Crippen molar-refractivity contribution in [2.75, 3.05) is 11.9 Å². The third kappa shape index (κ3) is 3.79. The highest BCUT2D eigenvalue weighted by molar-refractivity contribution is 7.16. The molecule has 4 amide bonds.